The van der Waals surface area contributed by atoms with Crippen molar-refractivity contribution in [3.63, 3.8) is 0 Å². The summed E-state index contributed by atoms with van der Waals surface area (Å²) in [6, 6.07) is 8.77. The summed E-state index contributed by atoms with van der Waals surface area (Å²) in [7, 11) is 0. The van der Waals surface area contributed by atoms with Crippen LogP contribution >= 0.6 is 11.3 Å². The molecule has 0 bridgehead atoms. The minimum absolute atomic E-state index is 0.420. The first kappa shape index (κ1) is 12.6. The summed E-state index contributed by atoms with van der Waals surface area (Å²) in [4.78, 5) is 4.71. The average Bonchev–Trinajstić information content (AvgIpc) is 3.16. The Morgan fingerprint density at radius 2 is 1.95 bits per heavy atom. The highest BCUT2D eigenvalue weighted by Crippen LogP contribution is 2.36. The molecule has 1 aliphatic heterocycles. The standard InChI is InChI=1S/C15H19N3OS/c19-14-9-10-17(11-5-1-2-6-11)18(14)15-16-12-7-3-4-8-13(12)20-15/h3-4,7-8,11,14,19H,1-2,5-6,9-10H2. The molecule has 4 rings (SSSR count). The lowest BCUT2D eigenvalue weighted by molar-refractivity contribution is 0.134. The lowest BCUT2D eigenvalue weighted by Crippen LogP contribution is -2.46. The van der Waals surface area contributed by atoms with Gasteiger partial charge in [0.1, 0.15) is 6.23 Å². The highest BCUT2D eigenvalue weighted by atomic mass is 32.1. The second-order valence-electron chi connectivity index (χ2n) is 5.68. The van der Waals surface area contributed by atoms with E-state index >= 15 is 0 Å². The number of aliphatic hydroxyl groups is 1. The summed E-state index contributed by atoms with van der Waals surface area (Å²) in [6.07, 6.45) is 5.50. The van der Waals surface area contributed by atoms with Gasteiger partial charge in [0, 0.05) is 19.0 Å². The molecule has 106 valence electrons. The van der Waals surface area contributed by atoms with E-state index in [9.17, 15) is 5.11 Å². The molecule has 1 atom stereocenters. The number of thiazole rings is 1. The maximum atomic E-state index is 10.3. The van der Waals surface area contributed by atoms with Gasteiger partial charge in [0.05, 0.1) is 10.2 Å². The summed E-state index contributed by atoms with van der Waals surface area (Å²) in [5.74, 6) is 0. The lowest BCUT2D eigenvalue weighted by atomic mass is 10.2. The van der Waals surface area contributed by atoms with Crippen molar-refractivity contribution in [3.8, 4) is 0 Å². The van der Waals surface area contributed by atoms with Crippen LogP contribution in [0.25, 0.3) is 10.2 Å². The molecule has 0 radical (unpaired) electrons. The largest absolute Gasteiger partial charge is 0.372 e. The van der Waals surface area contributed by atoms with Gasteiger partial charge in [0.2, 0.25) is 5.13 Å². The van der Waals surface area contributed by atoms with Crippen molar-refractivity contribution in [1.82, 2.24) is 9.99 Å². The van der Waals surface area contributed by atoms with E-state index in [0.29, 0.717) is 6.04 Å². The Morgan fingerprint density at radius 1 is 1.15 bits per heavy atom. The molecule has 2 aromatic rings. The Kier molecular flexibility index (Phi) is 3.13. The Balaban J connectivity index is 1.69. The van der Waals surface area contributed by atoms with Crippen LogP contribution in [0.15, 0.2) is 24.3 Å². The van der Waals surface area contributed by atoms with E-state index in [-0.39, 0.29) is 0 Å². The predicted octanol–water partition coefficient (Wildman–Crippen LogP) is 2.98. The van der Waals surface area contributed by atoms with Crippen LogP contribution in [0.3, 0.4) is 0 Å². The summed E-state index contributed by atoms with van der Waals surface area (Å²) in [5.41, 5.74) is 1.03. The third kappa shape index (κ3) is 2.01. The van der Waals surface area contributed by atoms with Crippen LogP contribution in [0.1, 0.15) is 32.1 Å². The number of rotatable bonds is 2. The van der Waals surface area contributed by atoms with Crippen LogP contribution in [0.4, 0.5) is 5.13 Å². The van der Waals surface area contributed by atoms with Crippen molar-refractivity contribution in [2.24, 2.45) is 0 Å². The van der Waals surface area contributed by atoms with Crippen molar-refractivity contribution in [3.05, 3.63) is 24.3 Å². The van der Waals surface area contributed by atoms with Crippen molar-refractivity contribution in [2.45, 2.75) is 44.4 Å². The van der Waals surface area contributed by atoms with Gasteiger partial charge in [-0.15, -0.1) is 0 Å². The number of anilines is 1. The molecular weight excluding hydrogens is 270 g/mol. The van der Waals surface area contributed by atoms with Crippen molar-refractivity contribution < 1.29 is 5.11 Å². The zero-order valence-corrected chi connectivity index (χ0v) is 12.2. The first-order valence-electron chi connectivity index (χ1n) is 7.42. The van der Waals surface area contributed by atoms with Crippen molar-refractivity contribution in [1.29, 1.82) is 0 Å². The molecule has 4 nitrogen and oxygen atoms in total. The Bertz CT molecular complexity index is 575. The number of fused-ring (bicyclic) bond motifs is 1. The fraction of sp³-hybridized carbons (Fsp3) is 0.533. The van der Waals surface area contributed by atoms with E-state index in [1.807, 2.05) is 23.2 Å². The number of para-hydroxylation sites is 1. The maximum Gasteiger partial charge on any atom is 0.203 e. The molecule has 5 heteroatoms. The van der Waals surface area contributed by atoms with Crippen molar-refractivity contribution in [2.75, 3.05) is 11.6 Å². The van der Waals surface area contributed by atoms with E-state index in [0.717, 1.165) is 23.6 Å². The monoisotopic (exact) mass is 289 g/mol. The summed E-state index contributed by atoms with van der Waals surface area (Å²) in [5, 5.41) is 15.7. The zero-order chi connectivity index (χ0) is 13.5. The summed E-state index contributed by atoms with van der Waals surface area (Å²) in [6.45, 7) is 0.946. The van der Waals surface area contributed by atoms with E-state index in [1.165, 1.54) is 30.4 Å². The molecule has 0 amide bonds. The van der Waals surface area contributed by atoms with E-state index in [2.05, 4.69) is 11.1 Å². The van der Waals surface area contributed by atoms with Crippen LogP contribution in [0.5, 0.6) is 0 Å². The van der Waals surface area contributed by atoms with Gasteiger partial charge in [-0.2, -0.15) is 0 Å². The molecule has 1 aromatic heterocycles. The molecule has 1 aromatic carbocycles. The highest BCUT2D eigenvalue weighted by Gasteiger charge is 2.37. The highest BCUT2D eigenvalue weighted by molar-refractivity contribution is 7.22. The predicted molar refractivity (Wildman–Crippen MR) is 81.7 cm³/mol. The topological polar surface area (TPSA) is 39.6 Å². The normalized spacial score (nSPS) is 25.1. The molecule has 1 aliphatic carbocycles. The lowest BCUT2D eigenvalue weighted by Gasteiger charge is -2.34. The fourth-order valence-electron chi connectivity index (χ4n) is 3.41. The summed E-state index contributed by atoms with van der Waals surface area (Å²) < 4.78 is 1.19. The van der Waals surface area contributed by atoms with Gasteiger partial charge in [-0.3, -0.25) is 5.01 Å². The maximum absolute atomic E-state index is 10.3. The molecule has 2 fully saturated rings. The Labute approximate surface area is 122 Å². The minimum Gasteiger partial charge on any atom is -0.372 e. The number of benzene rings is 1. The number of aromatic nitrogens is 1. The molecule has 2 aliphatic rings. The van der Waals surface area contributed by atoms with Crippen LogP contribution in [0.2, 0.25) is 0 Å². The molecule has 1 saturated heterocycles. The van der Waals surface area contributed by atoms with Gasteiger partial charge in [-0.25, -0.2) is 9.99 Å². The van der Waals surface area contributed by atoms with Gasteiger partial charge in [0.25, 0.3) is 0 Å². The number of hydrogen-bond donors (Lipinski definition) is 1. The van der Waals surface area contributed by atoms with Gasteiger partial charge in [-0.05, 0) is 25.0 Å². The van der Waals surface area contributed by atoms with Gasteiger partial charge < -0.3 is 5.11 Å². The quantitative estimate of drug-likeness (QED) is 0.922. The van der Waals surface area contributed by atoms with Gasteiger partial charge in [0.15, 0.2) is 0 Å². The van der Waals surface area contributed by atoms with E-state index < -0.39 is 6.23 Å². The van der Waals surface area contributed by atoms with E-state index in [4.69, 9.17) is 4.98 Å². The molecule has 1 saturated carbocycles. The smallest absolute Gasteiger partial charge is 0.203 e. The first-order chi connectivity index (χ1) is 9.83. The fourth-order valence-corrected chi connectivity index (χ4v) is 4.43. The first-order valence-corrected chi connectivity index (χ1v) is 8.24. The Hall–Kier alpha value is -1.17. The van der Waals surface area contributed by atoms with E-state index in [1.54, 1.807) is 11.3 Å². The second kappa shape index (κ2) is 4.98. The van der Waals surface area contributed by atoms with Crippen LogP contribution in [-0.4, -0.2) is 33.9 Å². The number of aliphatic hydroxyl groups excluding tert-OH is 1. The summed E-state index contributed by atoms with van der Waals surface area (Å²) >= 11 is 1.67. The SMILES string of the molecule is OC1CCN(C2CCCC2)N1c1nc2ccccc2s1. The number of nitrogens with zero attached hydrogens (tertiary/aromatic N) is 3. The second-order valence-corrected chi connectivity index (χ2v) is 6.69. The zero-order valence-electron chi connectivity index (χ0n) is 11.4. The number of hydrazine groups is 1. The van der Waals surface area contributed by atoms with Crippen LogP contribution in [-0.2, 0) is 0 Å². The molecule has 2 heterocycles. The van der Waals surface area contributed by atoms with Crippen molar-refractivity contribution >= 4 is 26.7 Å². The Morgan fingerprint density at radius 3 is 2.75 bits per heavy atom. The van der Waals surface area contributed by atoms with Crippen LogP contribution in [0, 0.1) is 0 Å². The third-order valence-electron chi connectivity index (χ3n) is 4.40. The third-order valence-corrected chi connectivity index (χ3v) is 5.43. The van der Waals surface area contributed by atoms with Crippen LogP contribution < -0.4 is 5.01 Å². The minimum atomic E-state index is -0.420. The molecule has 1 N–H and O–H groups in total. The average molecular weight is 289 g/mol. The number of hydrogen-bond acceptors (Lipinski definition) is 5. The molecule has 20 heavy (non-hydrogen) atoms. The molecular formula is C15H19N3OS. The van der Waals surface area contributed by atoms with Gasteiger partial charge >= 0.3 is 0 Å². The molecule has 0 spiro atoms. The molecule has 1 unspecified atom stereocenters. The van der Waals surface area contributed by atoms with Gasteiger partial charge in [-0.1, -0.05) is 36.3 Å².